The number of benzene rings is 2. The molecule has 3 aromatic rings. The highest BCUT2D eigenvalue weighted by molar-refractivity contribution is 9.09. The normalized spacial score (nSPS) is 12.7. The first kappa shape index (κ1) is 12.8. The van der Waals surface area contributed by atoms with E-state index in [9.17, 15) is 4.39 Å². The predicted molar refractivity (Wildman–Crippen MR) is 83.6 cm³/mol. The summed E-state index contributed by atoms with van der Waals surface area (Å²) < 4.78 is 14.5. The van der Waals surface area contributed by atoms with Crippen molar-refractivity contribution in [3.8, 4) is 0 Å². The maximum Gasteiger partial charge on any atom is 0.123 e. The minimum atomic E-state index is -0.173. The van der Waals surface area contributed by atoms with Gasteiger partial charge in [-0.3, -0.25) is 0 Å². The van der Waals surface area contributed by atoms with Gasteiger partial charge in [0.05, 0.1) is 4.83 Å². The minimum Gasteiger partial charge on any atom is -0.207 e. The zero-order chi connectivity index (χ0) is 13.2. The fourth-order valence-electron chi connectivity index (χ4n) is 2.13. The van der Waals surface area contributed by atoms with Gasteiger partial charge in [-0.05, 0) is 41.6 Å². The molecule has 0 aliphatic rings. The molecule has 96 valence electrons. The first-order valence-electron chi connectivity index (χ1n) is 6.09. The standard InChI is InChI=1S/C16H12BrFS/c17-14(9-11-4-3-6-13(18)8-11)16-10-12-5-1-2-7-15(12)19-16/h1-8,10,14H,9H2. The van der Waals surface area contributed by atoms with Gasteiger partial charge in [0, 0.05) is 9.58 Å². The lowest BCUT2D eigenvalue weighted by molar-refractivity contribution is 0.625. The highest BCUT2D eigenvalue weighted by atomic mass is 79.9. The lowest BCUT2D eigenvalue weighted by Crippen LogP contribution is -1.93. The van der Waals surface area contributed by atoms with E-state index in [1.807, 2.05) is 6.07 Å². The average molecular weight is 335 g/mol. The number of fused-ring (bicyclic) bond motifs is 1. The van der Waals surface area contributed by atoms with Crippen LogP contribution in [-0.2, 0) is 6.42 Å². The molecule has 3 rings (SSSR count). The molecular formula is C16H12BrFS. The van der Waals surface area contributed by atoms with Crippen molar-refractivity contribution in [3.05, 3.63) is 70.9 Å². The Morgan fingerprint density at radius 2 is 1.89 bits per heavy atom. The van der Waals surface area contributed by atoms with Gasteiger partial charge in [-0.2, -0.15) is 0 Å². The van der Waals surface area contributed by atoms with Crippen molar-refractivity contribution in [3.63, 3.8) is 0 Å². The van der Waals surface area contributed by atoms with Gasteiger partial charge in [0.2, 0.25) is 0 Å². The third kappa shape index (κ3) is 2.88. The zero-order valence-electron chi connectivity index (χ0n) is 10.1. The molecule has 0 nitrogen and oxygen atoms in total. The molecule has 0 amide bonds. The molecule has 0 aliphatic heterocycles. The first-order valence-corrected chi connectivity index (χ1v) is 7.82. The fourth-order valence-corrected chi connectivity index (χ4v) is 3.96. The highest BCUT2D eigenvalue weighted by Gasteiger charge is 2.12. The monoisotopic (exact) mass is 334 g/mol. The van der Waals surface area contributed by atoms with Crippen molar-refractivity contribution in [2.45, 2.75) is 11.2 Å². The van der Waals surface area contributed by atoms with Crippen LogP contribution < -0.4 is 0 Å². The first-order chi connectivity index (χ1) is 9.22. The van der Waals surface area contributed by atoms with Crippen LogP contribution in [0.25, 0.3) is 10.1 Å². The summed E-state index contributed by atoms with van der Waals surface area (Å²) in [6, 6.07) is 17.4. The molecule has 0 radical (unpaired) electrons. The van der Waals surface area contributed by atoms with Crippen molar-refractivity contribution in [2.75, 3.05) is 0 Å². The topological polar surface area (TPSA) is 0 Å². The van der Waals surface area contributed by atoms with Crippen LogP contribution in [0.4, 0.5) is 4.39 Å². The SMILES string of the molecule is Fc1cccc(CC(Br)c2cc3ccccc3s2)c1. The third-order valence-corrected chi connectivity index (χ3v) is 5.41. The minimum absolute atomic E-state index is 0.173. The smallest absolute Gasteiger partial charge is 0.123 e. The van der Waals surface area contributed by atoms with Crippen molar-refractivity contribution in [2.24, 2.45) is 0 Å². The largest absolute Gasteiger partial charge is 0.207 e. The van der Waals surface area contributed by atoms with E-state index in [2.05, 4.69) is 46.3 Å². The highest BCUT2D eigenvalue weighted by Crippen LogP contribution is 2.36. The van der Waals surface area contributed by atoms with Crippen LogP contribution in [-0.4, -0.2) is 0 Å². The quantitative estimate of drug-likeness (QED) is 0.537. The van der Waals surface area contributed by atoms with E-state index >= 15 is 0 Å². The molecule has 0 spiro atoms. The van der Waals surface area contributed by atoms with Gasteiger partial charge in [-0.1, -0.05) is 46.3 Å². The van der Waals surface area contributed by atoms with Crippen molar-refractivity contribution in [1.82, 2.24) is 0 Å². The average Bonchev–Trinajstić information content (AvgIpc) is 2.82. The maximum absolute atomic E-state index is 13.2. The molecule has 2 aromatic carbocycles. The summed E-state index contributed by atoms with van der Waals surface area (Å²) in [6.07, 6.45) is 0.796. The van der Waals surface area contributed by atoms with Gasteiger partial charge in [-0.15, -0.1) is 11.3 Å². The van der Waals surface area contributed by atoms with Crippen LogP contribution in [0.3, 0.4) is 0 Å². The van der Waals surface area contributed by atoms with Crippen LogP contribution in [0.1, 0.15) is 15.3 Å². The summed E-state index contributed by atoms with van der Waals surface area (Å²) in [7, 11) is 0. The van der Waals surface area contributed by atoms with Crippen LogP contribution in [0.15, 0.2) is 54.6 Å². The second-order valence-corrected chi connectivity index (χ2v) is 6.71. The van der Waals surface area contributed by atoms with E-state index in [0.29, 0.717) is 0 Å². The number of hydrogen-bond acceptors (Lipinski definition) is 1. The molecular weight excluding hydrogens is 323 g/mol. The molecule has 0 fully saturated rings. The molecule has 0 N–H and O–H groups in total. The van der Waals surface area contributed by atoms with Crippen molar-refractivity contribution >= 4 is 37.4 Å². The second kappa shape index (κ2) is 5.43. The van der Waals surface area contributed by atoms with Gasteiger partial charge in [0.25, 0.3) is 0 Å². The van der Waals surface area contributed by atoms with Gasteiger partial charge >= 0.3 is 0 Å². The maximum atomic E-state index is 13.2. The molecule has 0 bridgehead atoms. The number of halogens is 2. The molecule has 0 saturated carbocycles. The number of hydrogen-bond donors (Lipinski definition) is 0. The third-order valence-electron chi connectivity index (χ3n) is 3.06. The Balaban J connectivity index is 1.85. The molecule has 19 heavy (non-hydrogen) atoms. The lowest BCUT2D eigenvalue weighted by atomic mass is 10.1. The molecule has 1 aromatic heterocycles. The summed E-state index contributed by atoms with van der Waals surface area (Å²) in [5.74, 6) is -0.173. The van der Waals surface area contributed by atoms with E-state index in [1.165, 1.54) is 21.0 Å². The number of alkyl halides is 1. The molecule has 1 atom stereocenters. The van der Waals surface area contributed by atoms with E-state index in [-0.39, 0.29) is 10.6 Å². The lowest BCUT2D eigenvalue weighted by Gasteiger charge is -2.07. The van der Waals surface area contributed by atoms with Crippen LogP contribution in [0.2, 0.25) is 0 Å². The predicted octanol–water partition coefficient (Wildman–Crippen LogP) is 5.72. The molecule has 1 heterocycles. The van der Waals surface area contributed by atoms with E-state index in [0.717, 1.165) is 12.0 Å². The van der Waals surface area contributed by atoms with E-state index in [4.69, 9.17) is 0 Å². The van der Waals surface area contributed by atoms with Crippen molar-refractivity contribution < 1.29 is 4.39 Å². The Morgan fingerprint density at radius 3 is 2.68 bits per heavy atom. The molecule has 0 saturated heterocycles. The Hall–Kier alpha value is -1.19. The summed E-state index contributed by atoms with van der Waals surface area (Å²) in [5, 5.41) is 1.27. The zero-order valence-corrected chi connectivity index (χ0v) is 12.5. The summed E-state index contributed by atoms with van der Waals surface area (Å²) in [4.78, 5) is 1.51. The molecule has 1 unspecified atom stereocenters. The van der Waals surface area contributed by atoms with Gasteiger partial charge < -0.3 is 0 Å². The summed E-state index contributed by atoms with van der Waals surface area (Å²) in [5.41, 5.74) is 1.01. The van der Waals surface area contributed by atoms with Crippen LogP contribution in [0, 0.1) is 5.82 Å². The number of thiophene rings is 1. The number of rotatable bonds is 3. The fraction of sp³-hybridized carbons (Fsp3) is 0.125. The van der Waals surface area contributed by atoms with Gasteiger partial charge in [-0.25, -0.2) is 4.39 Å². The van der Waals surface area contributed by atoms with Gasteiger partial charge in [0.1, 0.15) is 5.82 Å². The molecule has 3 heteroatoms. The molecule has 0 aliphatic carbocycles. The van der Waals surface area contributed by atoms with Gasteiger partial charge in [0.15, 0.2) is 0 Å². The van der Waals surface area contributed by atoms with Crippen molar-refractivity contribution in [1.29, 1.82) is 0 Å². The Labute approximate surface area is 124 Å². The summed E-state index contributed by atoms with van der Waals surface area (Å²) in [6.45, 7) is 0. The van der Waals surface area contributed by atoms with Crippen LogP contribution in [0.5, 0.6) is 0 Å². The summed E-state index contributed by atoms with van der Waals surface area (Å²) >= 11 is 5.50. The second-order valence-electron chi connectivity index (χ2n) is 4.49. The Morgan fingerprint density at radius 1 is 1.05 bits per heavy atom. The van der Waals surface area contributed by atoms with E-state index < -0.39 is 0 Å². The van der Waals surface area contributed by atoms with E-state index in [1.54, 1.807) is 23.5 Å². The Kier molecular flexibility index (Phi) is 3.67. The Bertz CT molecular complexity index is 672. The van der Waals surface area contributed by atoms with Crippen LogP contribution >= 0.6 is 27.3 Å².